The maximum absolute atomic E-state index is 8.66. The van der Waals surface area contributed by atoms with Crippen LogP contribution in [0.5, 0.6) is 0 Å². The van der Waals surface area contributed by atoms with Gasteiger partial charge in [-0.05, 0) is 18.6 Å². The molecule has 0 atom stereocenters. The number of imidazole rings is 1. The lowest BCUT2D eigenvalue weighted by Crippen LogP contribution is -2.00. The Kier molecular flexibility index (Phi) is 2.31. The summed E-state index contributed by atoms with van der Waals surface area (Å²) >= 11 is 0. The van der Waals surface area contributed by atoms with Crippen molar-refractivity contribution in [3.8, 4) is 6.07 Å². The van der Waals surface area contributed by atoms with E-state index in [1.807, 2.05) is 41.9 Å². The molecule has 0 N–H and O–H groups in total. The average molecular weight is 238 g/mol. The molecular weight excluding hydrogens is 228 g/mol. The Labute approximate surface area is 103 Å². The fraction of sp³-hybridized carbons (Fsp3) is 0.167. The summed E-state index contributed by atoms with van der Waals surface area (Å²) in [6.07, 6.45) is 5.45. The van der Waals surface area contributed by atoms with Gasteiger partial charge in [0.2, 0.25) is 0 Å². The van der Waals surface area contributed by atoms with Gasteiger partial charge in [-0.15, -0.1) is 5.10 Å². The number of fused-ring (bicyclic) bond motifs is 1. The van der Waals surface area contributed by atoms with Crippen LogP contribution in [-0.2, 0) is 6.54 Å². The van der Waals surface area contributed by atoms with E-state index < -0.39 is 0 Å². The Morgan fingerprint density at radius 1 is 1.44 bits per heavy atom. The van der Waals surface area contributed by atoms with E-state index in [-0.39, 0.29) is 5.82 Å². The lowest BCUT2D eigenvalue weighted by Gasteiger charge is -1.94. The summed E-state index contributed by atoms with van der Waals surface area (Å²) in [5, 5.41) is 12.7. The molecule has 0 fully saturated rings. The number of pyridine rings is 1. The van der Waals surface area contributed by atoms with E-state index in [1.54, 1.807) is 4.68 Å². The van der Waals surface area contributed by atoms with Crippen molar-refractivity contribution < 1.29 is 0 Å². The molecule has 0 bridgehead atoms. The van der Waals surface area contributed by atoms with Crippen LogP contribution in [0.25, 0.3) is 5.65 Å². The average Bonchev–Trinajstić information content (AvgIpc) is 2.96. The molecule has 88 valence electrons. The van der Waals surface area contributed by atoms with E-state index in [2.05, 4.69) is 15.1 Å². The summed E-state index contributed by atoms with van der Waals surface area (Å²) in [6.45, 7) is 2.53. The standard InChI is InChI=1S/C12H10N6/c1-9-3-2-4-17-6-10(15-12(9)17)7-18-8-14-11(5-13)16-18/h2-4,6,8H,7H2,1H3. The molecule has 0 spiro atoms. The van der Waals surface area contributed by atoms with Crippen LogP contribution in [0.3, 0.4) is 0 Å². The van der Waals surface area contributed by atoms with Crippen molar-refractivity contribution in [3.05, 3.63) is 47.9 Å². The first kappa shape index (κ1) is 10.5. The van der Waals surface area contributed by atoms with Gasteiger partial charge in [-0.1, -0.05) is 6.07 Å². The van der Waals surface area contributed by atoms with Gasteiger partial charge in [0.15, 0.2) is 0 Å². The summed E-state index contributed by atoms with van der Waals surface area (Å²) < 4.78 is 3.59. The van der Waals surface area contributed by atoms with Crippen molar-refractivity contribution in [2.24, 2.45) is 0 Å². The summed E-state index contributed by atoms with van der Waals surface area (Å²) in [7, 11) is 0. The van der Waals surface area contributed by atoms with Crippen molar-refractivity contribution in [1.82, 2.24) is 24.1 Å². The van der Waals surface area contributed by atoms with Crippen LogP contribution >= 0.6 is 0 Å². The molecule has 3 heterocycles. The quantitative estimate of drug-likeness (QED) is 0.671. The molecule has 0 aliphatic rings. The molecule has 3 rings (SSSR count). The van der Waals surface area contributed by atoms with Crippen LogP contribution in [0, 0.1) is 18.3 Å². The number of hydrogen-bond acceptors (Lipinski definition) is 4. The highest BCUT2D eigenvalue weighted by molar-refractivity contribution is 5.47. The molecule has 0 radical (unpaired) electrons. The molecule has 0 unspecified atom stereocenters. The van der Waals surface area contributed by atoms with Gasteiger partial charge in [-0.25, -0.2) is 14.6 Å². The second-order valence-corrected chi connectivity index (χ2v) is 4.03. The van der Waals surface area contributed by atoms with Crippen molar-refractivity contribution in [1.29, 1.82) is 5.26 Å². The van der Waals surface area contributed by atoms with Gasteiger partial charge in [0.1, 0.15) is 18.0 Å². The molecule has 0 aromatic carbocycles. The van der Waals surface area contributed by atoms with Crippen molar-refractivity contribution in [2.45, 2.75) is 13.5 Å². The van der Waals surface area contributed by atoms with E-state index in [1.165, 1.54) is 6.33 Å². The first-order valence-electron chi connectivity index (χ1n) is 5.49. The zero-order valence-corrected chi connectivity index (χ0v) is 9.78. The smallest absolute Gasteiger partial charge is 0.252 e. The zero-order chi connectivity index (χ0) is 12.5. The number of nitriles is 1. The second-order valence-electron chi connectivity index (χ2n) is 4.03. The fourth-order valence-corrected chi connectivity index (χ4v) is 1.87. The topological polar surface area (TPSA) is 71.8 Å². The minimum atomic E-state index is 0.176. The molecule has 0 aliphatic heterocycles. The lowest BCUT2D eigenvalue weighted by atomic mass is 10.3. The van der Waals surface area contributed by atoms with Gasteiger partial charge < -0.3 is 4.40 Å². The molecule has 0 saturated carbocycles. The Balaban J connectivity index is 1.96. The van der Waals surface area contributed by atoms with Crippen molar-refractivity contribution in [3.63, 3.8) is 0 Å². The first-order chi connectivity index (χ1) is 8.76. The highest BCUT2D eigenvalue weighted by atomic mass is 15.3. The Morgan fingerprint density at radius 2 is 2.33 bits per heavy atom. The summed E-state index contributed by atoms with van der Waals surface area (Å²) in [5.74, 6) is 0.176. The van der Waals surface area contributed by atoms with Gasteiger partial charge >= 0.3 is 0 Å². The minimum Gasteiger partial charge on any atom is -0.307 e. The summed E-state index contributed by atoms with van der Waals surface area (Å²) in [6, 6.07) is 5.91. The predicted molar refractivity (Wildman–Crippen MR) is 63.8 cm³/mol. The monoisotopic (exact) mass is 238 g/mol. The fourth-order valence-electron chi connectivity index (χ4n) is 1.87. The van der Waals surface area contributed by atoms with Gasteiger partial charge in [0, 0.05) is 12.4 Å². The van der Waals surface area contributed by atoms with Crippen LogP contribution in [0.15, 0.2) is 30.9 Å². The molecule has 6 heteroatoms. The largest absolute Gasteiger partial charge is 0.307 e. The number of aromatic nitrogens is 5. The van der Waals surface area contributed by atoms with Gasteiger partial charge in [0.25, 0.3) is 5.82 Å². The SMILES string of the molecule is Cc1cccn2cc(Cn3cnc(C#N)n3)nc12. The van der Waals surface area contributed by atoms with E-state index in [9.17, 15) is 0 Å². The van der Waals surface area contributed by atoms with Crippen molar-refractivity contribution >= 4 is 5.65 Å². The van der Waals surface area contributed by atoms with E-state index in [4.69, 9.17) is 5.26 Å². The van der Waals surface area contributed by atoms with Crippen LogP contribution in [-0.4, -0.2) is 24.1 Å². The Morgan fingerprint density at radius 3 is 3.06 bits per heavy atom. The minimum absolute atomic E-state index is 0.176. The molecule has 18 heavy (non-hydrogen) atoms. The van der Waals surface area contributed by atoms with Gasteiger partial charge in [-0.3, -0.25) is 0 Å². The zero-order valence-electron chi connectivity index (χ0n) is 9.78. The van der Waals surface area contributed by atoms with Gasteiger partial charge in [-0.2, -0.15) is 5.26 Å². The maximum Gasteiger partial charge on any atom is 0.252 e. The third-order valence-electron chi connectivity index (χ3n) is 2.69. The molecule has 3 aromatic heterocycles. The normalized spacial score (nSPS) is 10.7. The number of aryl methyl sites for hydroxylation is 1. The molecule has 3 aromatic rings. The highest BCUT2D eigenvalue weighted by Crippen LogP contribution is 2.10. The summed E-state index contributed by atoms with van der Waals surface area (Å²) in [5.41, 5.74) is 2.95. The van der Waals surface area contributed by atoms with Crippen molar-refractivity contribution in [2.75, 3.05) is 0 Å². The summed E-state index contributed by atoms with van der Waals surface area (Å²) in [4.78, 5) is 8.39. The van der Waals surface area contributed by atoms with E-state index >= 15 is 0 Å². The molecule has 0 amide bonds. The van der Waals surface area contributed by atoms with Crippen LogP contribution in [0.1, 0.15) is 17.1 Å². The Bertz CT molecular complexity index is 745. The van der Waals surface area contributed by atoms with Crippen LogP contribution in [0.4, 0.5) is 0 Å². The molecule has 0 saturated heterocycles. The number of hydrogen-bond donors (Lipinski definition) is 0. The first-order valence-corrected chi connectivity index (χ1v) is 5.49. The predicted octanol–water partition coefficient (Wildman–Crippen LogP) is 1.15. The maximum atomic E-state index is 8.66. The third kappa shape index (κ3) is 1.72. The van der Waals surface area contributed by atoms with Crippen LogP contribution < -0.4 is 0 Å². The number of rotatable bonds is 2. The van der Waals surface area contributed by atoms with E-state index in [0.717, 1.165) is 16.9 Å². The third-order valence-corrected chi connectivity index (χ3v) is 2.69. The highest BCUT2D eigenvalue weighted by Gasteiger charge is 2.05. The molecular formula is C12H10N6. The van der Waals surface area contributed by atoms with Gasteiger partial charge in [0.05, 0.1) is 12.2 Å². The van der Waals surface area contributed by atoms with E-state index in [0.29, 0.717) is 6.54 Å². The molecule has 0 aliphatic carbocycles. The second kappa shape index (κ2) is 3.96. The number of nitrogens with zero attached hydrogens (tertiary/aromatic N) is 6. The van der Waals surface area contributed by atoms with Crippen LogP contribution in [0.2, 0.25) is 0 Å². The Hall–Kier alpha value is -2.68. The lowest BCUT2D eigenvalue weighted by molar-refractivity contribution is 0.671. The molecule has 6 nitrogen and oxygen atoms in total.